The first-order chi connectivity index (χ1) is 29.9. The molecule has 0 bridgehead atoms. The van der Waals surface area contributed by atoms with E-state index in [-0.39, 0.29) is 25.4 Å². The third kappa shape index (κ3) is 9.84. The number of benzene rings is 2. The van der Waals surface area contributed by atoms with Crippen molar-refractivity contribution in [1.82, 2.24) is 39.0 Å². The molecule has 0 amide bonds. The number of imidazole rings is 2. The SMILES string of the molecule is CC1(C)OC2[C@@H](O1)[C@@H](CO)O[C@H]2n1cnc2c(NCc3ccccc3)ncnc21.COC(C)(C)OC.OC[C@H]1O[C@@H](n2cnc3c(NCc4ccccc4)ncnc32)C(O)[C@H]1O. The second-order valence-corrected chi connectivity index (χ2v) is 15.6. The fraction of sp³-hybridized carbons (Fsp3) is 0.476. The van der Waals surface area contributed by atoms with Crippen LogP contribution in [0.1, 0.15) is 51.3 Å². The van der Waals surface area contributed by atoms with Gasteiger partial charge in [-0.15, -0.1) is 0 Å². The van der Waals surface area contributed by atoms with Gasteiger partial charge in [-0.25, -0.2) is 29.9 Å². The highest BCUT2D eigenvalue weighted by Gasteiger charge is 2.56. The molecule has 0 saturated carbocycles. The number of ether oxygens (including phenoxy) is 6. The maximum Gasteiger partial charge on any atom is 0.167 e. The van der Waals surface area contributed by atoms with E-state index in [1.54, 1.807) is 20.5 Å². The molecule has 332 valence electrons. The quantitative estimate of drug-likeness (QED) is 0.0969. The summed E-state index contributed by atoms with van der Waals surface area (Å²) in [6, 6.07) is 20.0. The van der Waals surface area contributed by atoms with Gasteiger partial charge in [-0.1, -0.05) is 60.7 Å². The molecule has 20 heteroatoms. The van der Waals surface area contributed by atoms with Crippen molar-refractivity contribution in [2.45, 2.75) is 101 Å². The third-order valence-corrected chi connectivity index (χ3v) is 10.7. The molecule has 6 aromatic rings. The molecule has 9 rings (SSSR count). The molecule has 62 heavy (non-hydrogen) atoms. The predicted octanol–water partition coefficient (Wildman–Crippen LogP) is 2.91. The van der Waals surface area contributed by atoms with E-state index in [1.807, 2.05) is 92.9 Å². The lowest BCUT2D eigenvalue weighted by atomic mass is 10.1. The summed E-state index contributed by atoms with van der Waals surface area (Å²) < 4.78 is 36.7. The van der Waals surface area contributed by atoms with Gasteiger partial charge in [0.05, 0.1) is 25.9 Å². The minimum atomic E-state index is -1.19. The fourth-order valence-corrected chi connectivity index (χ4v) is 7.12. The van der Waals surface area contributed by atoms with E-state index >= 15 is 0 Å². The Bertz CT molecular complexity index is 2340. The van der Waals surface area contributed by atoms with Gasteiger partial charge < -0.3 is 59.5 Å². The number of anilines is 2. The van der Waals surface area contributed by atoms with E-state index in [0.717, 1.165) is 11.1 Å². The van der Waals surface area contributed by atoms with Crippen LogP contribution in [-0.2, 0) is 41.5 Å². The first-order valence-electron chi connectivity index (χ1n) is 20.1. The topological polar surface area (TPSA) is 248 Å². The van der Waals surface area contributed by atoms with Crippen LogP contribution in [0.15, 0.2) is 86.0 Å². The van der Waals surface area contributed by atoms with Crippen LogP contribution >= 0.6 is 0 Å². The lowest BCUT2D eigenvalue weighted by Crippen LogP contribution is -2.33. The molecule has 0 spiro atoms. The maximum atomic E-state index is 10.2. The molecule has 8 atom stereocenters. The van der Waals surface area contributed by atoms with E-state index in [1.165, 1.54) is 23.5 Å². The van der Waals surface area contributed by atoms with Gasteiger partial charge in [0, 0.05) is 27.3 Å². The van der Waals surface area contributed by atoms with E-state index in [0.29, 0.717) is 47.1 Å². The van der Waals surface area contributed by atoms with Gasteiger partial charge in [0.15, 0.2) is 58.0 Å². The molecule has 6 N–H and O–H groups in total. The highest BCUT2D eigenvalue weighted by atomic mass is 16.8. The zero-order chi connectivity index (χ0) is 44.0. The second kappa shape index (κ2) is 19.4. The van der Waals surface area contributed by atoms with Crippen molar-refractivity contribution < 1.29 is 48.8 Å². The van der Waals surface area contributed by atoms with Gasteiger partial charge in [-0.2, -0.15) is 0 Å². The largest absolute Gasteiger partial charge is 0.394 e. The number of hydrogen-bond acceptors (Lipinski definition) is 18. The van der Waals surface area contributed by atoms with Crippen molar-refractivity contribution in [2.24, 2.45) is 0 Å². The molecule has 20 nitrogen and oxygen atoms in total. The van der Waals surface area contributed by atoms with Gasteiger partial charge in [-0.3, -0.25) is 9.13 Å². The van der Waals surface area contributed by atoms with Crippen LogP contribution in [0.2, 0.25) is 0 Å². The van der Waals surface area contributed by atoms with Gasteiger partial charge in [0.1, 0.15) is 49.3 Å². The molecule has 3 fully saturated rings. The molecular formula is C42H54N10O10. The fourth-order valence-electron chi connectivity index (χ4n) is 7.12. The predicted molar refractivity (Wildman–Crippen MR) is 224 cm³/mol. The van der Waals surface area contributed by atoms with Gasteiger partial charge >= 0.3 is 0 Å². The Morgan fingerprint density at radius 3 is 1.56 bits per heavy atom. The molecule has 7 heterocycles. The Hall–Kier alpha value is -5.26. The summed E-state index contributed by atoms with van der Waals surface area (Å²) in [6.07, 6.45) is 0.243. The molecular weight excluding hydrogens is 805 g/mol. The summed E-state index contributed by atoms with van der Waals surface area (Å²) in [7, 11) is 3.23. The lowest BCUT2D eigenvalue weighted by Gasteiger charge is -2.24. The first kappa shape index (κ1) is 44.8. The van der Waals surface area contributed by atoms with Crippen molar-refractivity contribution in [3.8, 4) is 0 Å². The van der Waals surface area contributed by atoms with Crippen LogP contribution in [0, 0.1) is 0 Å². The Morgan fingerprint density at radius 1 is 0.645 bits per heavy atom. The molecule has 3 aliphatic rings. The first-order valence-corrected chi connectivity index (χ1v) is 20.1. The molecule has 4 aromatic heterocycles. The monoisotopic (exact) mass is 858 g/mol. The van der Waals surface area contributed by atoms with E-state index in [2.05, 4.69) is 40.5 Å². The number of methoxy groups -OCH3 is 2. The summed E-state index contributed by atoms with van der Waals surface area (Å²) in [5, 5.41) is 45.7. The lowest BCUT2D eigenvalue weighted by molar-refractivity contribution is -0.199. The molecule has 3 saturated heterocycles. The van der Waals surface area contributed by atoms with E-state index in [4.69, 9.17) is 28.4 Å². The van der Waals surface area contributed by atoms with Crippen molar-refractivity contribution in [3.05, 3.63) is 97.1 Å². The highest BCUT2D eigenvalue weighted by molar-refractivity contribution is 5.83. The Labute approximate surface area is 357 Å². The van der Waals surface area contributed by atoms with Crippen LogP contribution in [0.5, 0.6) is 0 Å². The van der Waals surface area contributed by atoms with Gasteiger partial charge in [0.25, 0.3) is 0 Å². The van der Waals surface area contributed by atoms with E-state index in [9.17, 15) is 20.4 Å². The number of hydrogen-bond donors (Lipinski definition) is 6. The van der Waals surface area contributed by atoms with Crippen molar-refractivity contribution in [1.29, 1.82) is 0 Å². The Kier molecular flexibility index (Phi) is 14.0. The summed E-state index contributed by atoms with van der Waals surface area (Å²) in [5.74, 6) is 0.0533. The van der Waals surface area contributed by atoms with Crippen molar-refractivity contribution >= 4 is 34.0 Å². The number of rotatable bonds is 12. The van der Waals surface area contributed by atoms with Crippen molar-refractivity contribution in [2.75, 3.05) is 38.1 Å². The summed E-state index contributed by atoms with van der Waals surface area (Å²) in [4.78, 5) is 26.1. The number of aliphatic hydroxyl groups excluding tert-OH is 4. The van der Waals surface area contributed by atoms with Crippen LogP contribution in [0.25, 0.3) is 22.3 Å². The minimum absolute atomic E-state index is 0.150. The van der Waals surface area contributed by atoms with Crippen LogP contribution < -0.4 is 10.6 Å². The third-order valence-electron chi connectivity index (χ3n) is 10.7. The number of aromatic nitrogens is 8. The average Bonchev–Trinajstić information content (AvgIpc) is 4.11. The normalized spacial score (nSPS) is 25.2. The molecule has 2 unspecified atom stereocenters. The molecule has 0 radical (unpaired) electrons. The van der Waals surface area contributed by atoms with Crippen LogP contribution in [0.3, 0.4) is 0 Å². The smallest absolute Gasteiger partial charge is 0.167 e. The van der Waals surface area contributed by atoms with Gasteiger partial charge in [-0.05, 0) is 38.8 Å². The zero-order valence-corrected chi connectivity index (χ0v) is 35.3. The Morgan fingerprint density at radius 2 is 1.11 bits per heavy atom. The molecule has 2 aromatic carbocycles. The maximum absolute atomic E-state index is 10.2. The number of nitrogens with one attached hydrogen (secondary N) is 2. The van der Waals surface area contributed by atoms with Crippen LogP contribution in [0.4, 0.5) is 11.6 Å². The minimum Gasteiger partial charge on any atom is -0.394 e. The second-order valence-electron chi connectivity index (χ2n) is 15.6. The van der Waals surface area contributed by atoms with E-state index < -0.39 is 48.4 Å². The summed E-state index contributed by atoms with van der Waals surface area (Å²) in [6.45, 7) is 8.09. The van der Waals surface area contributed by atoms with Crippen LogP contribution in [-0.4, -0.2) is 135 Å². The standard InChI is InChI=1S/C20H23N5O4.C17H19N5O4.C5H12O2/c1-20(2)28-15-13(9-26)27-19(16(15)29-20)25-11-24-14-17(22-10-23-18(14)25)21-8-12-6-4-3-5-7-12;23-7-11-13(24)14(25)17(26-11)22-9-21-12-15(19-8-20-16(12)22)18-6-10-4-2-1-3-5-10;1-5(2,6-3)7-4/h3-7,10-11,13,15-16,19,26H,8-9H2,1-2H3,(H,21,22,23);1-5,8-9,11,13-14,17,23-25H,6-7H2,(H,18,19,20);1-4H3/t13-,15+,16?,19-;11-,13+,14?,17-;/m11./s1. The highest BCUT2D eigenvalue weighted by Crippen LogP contribution is 2.44. The number of aliphatic hydroxyl groups is 4. The summed E-state index contributed by atoms with van der Waals surface area (Å²) >= 11 is 0. The zero-order valence-electron chi connectivity index (χ0n) is 35.3. The van der Waals surface area contributed by atoms with Gasteiger partial charge in [0.2, 0.25) is 0 Å². The average molecular weight is 859 g/mol. The molecule has 0 aliphatic carbocycles. The number of fused-ring (bicyclic) bond motifs is 3. The number of nitrogens with zero attached hydrogens (tertiary/aromatic N) is 8. The molecule has 3 aliphatic heterocycles. The summed E-state index contributed by atoms with van der Waals surface area (Å²) in [5.41, 5.74) is 4.51. The Balaban J connectivity index is 0.000000163. The van der Waals surface area contributed by atoms with Crippen molar-refractivity contribution in [3.63, 3.8) is 0 Å².